The van der Waals surface area contributed by atoms with Gasteiger partial charge in [-0.25, -0.2) is 13.5 Å². The molecule has 2 aromatic carbocycles. The Balaban J connectivity index is 1.96. The standard InChI is InChI=1S/C19H14BrF2N3O/c1-24-17-6-12(8-20)16(22)7-13(17)14-9-23-25(19(26)18(14)24)10-11-4-2-3-5-15(11)21/h2-7,9H,8,10H2,1H3. The fourth-order valence-corrected chi connectivity index (χ4v) is 3.65. The molecule has 7 heteroatoms. The zero-order valence-electron chi connectivity index (χ0n) is 13.8. The normalized spacial score (nSPS) is 11.5. The van der Waals surface area contributed by atoms with Gasteiger partial charge in [-0.05, 0) is 18.2 Å². The molecule has 4 aromatic rings. The van der Waals surface area contributed by atoms with Crippen LogP contribution in [0.3, 0.4) is 0 Å². The summed E-state index contributed by atoms with van der Waals surface area (Å²) in [6.45, 7) is 0.0317. The summed E-state index contributed by atoms with van der Waals surface area (Å²) in [6, 6.07) is 9.42. The Labute approximate surface area is 155 Å². The number of hydrogen-bond acceptors (Lipinski definition) is 2. The second-order valence-electron chi connectivity index (χ2n) is 6.11. The first kappa shape index (κ1) is 16.9. The molecular weight excluding hydrogens is 404 g/mol. The zero-order chi connectivity index (χ0) is 18.4. The summed E-state index contributed by atoms with van der Waals surface area (Å²) in [4.78, 5) is 12.9. The highest BCUT2D eigenvalue weighted by atomic mass is 79.9. The first-order valence-corrected chi connectivity index (χ1v) is 9.09. The largest absolute Gasteiger partial charge is 0.339 e. The Kier molecular flexibility index (Phi) is 4.11. The van der Waals surface area contributed by atoms with Gasteiger partial charge in [0.15, 0.2) is 0 Å². The fraction of sp³-hybridized carbons (Fsp3) is 0.158. The minimum absolute atomic E-state index is 0.0317. The highest BCUT2D eigenvalue weighted by Crippen LogP contribution is 2.28. The molecule has 4 rings (SSSR count). The first-order valence-electron chi connectivity index (χ1n) is 7.97. The van der Waals surface area contributed by atoms with Gasteiger partial charge >= 0.3 is 0 Å². The summed E-state index contributed by atoms with van der Waals surface area (Å²) in [5.74, 6) is -0.722. The van der Waals surface area contributed by atoms with Gasteiger partial charge in [-0.1, -0.05) is 34.1 Å². The third-order valence-corrected chi connectivity index (χ3v) is 5.20. The third kappa shape index (κ3) is 2.54. The van der Waals surface area contributed by atoms with Crippen LogP contribution in [0, 0.1) is 11.6 Å². The van der Waals surface area contributed by atoms with Gasteiger partial charge in [0.05, 0.1) is 12.7 Å². The van der Waals surface area contributed by atoms with Crippen molar-refractivity contribution in [2.45, 2.75) is 11.9 Å². The summed E-state index contributed by atoms with van der Waals surface area (Å²) < 4.78 is 31.0. The van der Waals surface area contributed by atoms with Crippen molar-refractivity contribution in [3.63, 3.8) is 0 Å². The molecule has 0 N–H and O–H groups in total. The van der Waals surface area contributed by atoms with E-state index in [9.17, 15) is 13.6 Å². The highest BCUT2D eigenvalue weighted by molar-refractivity contribution is 9.08. The summed E-state index contributed by atoms with van der Waals surface area (Å²) >= 11 is 3.27. The van der Waals surface area contributed by atoms with Crippen LogP contribution >= 0.6 is 15.9 Å². The average molecular weight is 418 g/mol. The third-order valence-electron chi connectivity index (χ3n) is 4.59. The molecule has 4 nitrogen and oxygen atoms in total. The van der Waals surface area contributed by atoms with E-state index in [1.54, 1.807) is 35.9 Å². The maximum absolute atomic E-state index is 14.2. The second-order valence-corrected chi connectivity index (χ2v) is 6.68. The van der Waals surface area contributed by atoms with Crippen LogP contribution in [0.15, 0.2) is 47.4 Å². The SMILES string of the molecule is Cn1c2cc(CBr)c(F)cc2c2cnn(Cc3ccccc3F)c(=O)c21. The molecule has 132 valence electrons. The number of benzene rings is 2. The van der Waals surface area contributed by atoms with Crippen molar-refractivity contribution in [3.05, 3.63) is 75.7 Å². The first-order chi connectivity index (χ1) is 12.5. The predicted molar refractivity (Wildman–Crippen MR) is 101 cm³/mol. The van der Waals surface area contributed by atoms with E-state index in [-0.39, 0.29) is 23.7 Å². The second kappa shape index (κ2) is 6.32. The van der Waals surface area contributed by atoms with Crippen LogP contribution in [0.1, 0.15) is 11.1 Å². The van der Waals surface area contributed by atoms with Crippen LogP contribution in [-0.4, -0.2) is 14.3 Å². The lowest BCUT2D eigenvalue weighted by Crippen LogP contribution is -2.24. The van der Waals surface area contributed by atoms with E-state index in [0.717, 1.165) is 5.52 Å². The number of halogens is 3. The maximum atomic E-state index is 14.2. The number of hydrogen-bond donors (Lipinski definition) is 0. The fourth-order valence-electron chi connectivity index (χ4n) is 3.22. The lowest BCUT2D eigenvalue weighted by molar-refractivity contribution is 0.574. The Morgan fingerprint density at radius 1 is 1.08 bits per heavy atom. The molecule has 0 spiro atoms. The van der Waals surface area contributed by atoms with E-state index in [1.165, 1.54) is 23.0 Å². The van der Waals surface area contributed by atoms with Crippen LogP contribution in [0.25, 0.3) is 21.8 Å². The van der Waals surface area contributed by atoms with Crippen LogP contribution in [-0.2, 0) is 18.9 Å². The molecule has 0 bridgehead atoms. The summed E-state index contributed by atoms with van der Waals surface area (Å²) in [5.41, 5.74) is 1.72. The van der Waals surface area contributed by atoms with E-state index in [0.29, 0.717) is 32.7 Å². The van der Waals surface area contributed by atoms with E-state index in [1.807, 2.05) is 0 Å². The lowest BCUT2D eigenvalue weighted by Gasteiger charge is -2.06. The molecule has 0 amide bonds. The number of fused-ring (bicyclic) bond motifs is 3. The average Bonchev–Trinajstić information content (AvgIpc) is 2.90. The van der Waals surface area contributed by atoms with E-state index in [2.05, 4.69) is 21.0 Å². The molecule has 0 radical (unpaired) electrons. The van der Waals surface area contributed by atoms with Gasteiger partial charge in [0, 0.05) is 39.8 Å². The smallest absolute Gasteiger partial charge is 0.291 e. The van der Waals surface area contributed by atoms with Crippen LogP contribution in [0.2, 0.25) is 0 Å². The van der Waals surface area contributed by atoms with Crippen molar-refractivity contribution in [2.75, 3.05) is 0 Å². The summed E-state index contributed by atoms with van der Waals surface area (Å²) in [6.07, 6.45) is 1.53. The lowest BCUT2D eigenvalue weighted by atomic mass is 10.1. The molecule has 0 saturated heterocycles. The van der Waals surface area contributed by atoms with Gasteiger partial charge in [0.25, 0.3) is 5.56 Å². The summed E-state index contributed by atoms with van der Waals surface area (Å²) in [7, 11) is 1.76. The van der Waals surface area contributed by atoms with E-state index in [4.69, 9.17) is 0 Å². The van der Waals surface area contributed by atoms with Gasteiger partial charge in [-0.15, -0.1) is 0 Å². The highest BCUT2D eigenvalue weighted by Gasteiger charge is 2.17. The number of nitrogens with zero attached hydrogens (tertiary/aromatic N) is 3. The quantitative estimate of drug-likeness (QED) is 0.470. The van der Waals surface area contributed by atoms with Crippen molar-refractivity contribution in [2.24, 2.45) is 7.05 Å². The van der Waals surface area contributed by atoms with Crippen LogP contribution in [0.5, 0.6) is 0 Å². The molecule has 0 fully saturated rings. The number of alkyl halides is 1. The van der Waals surface area contributed by atoms with Gasteiger partial charge < -0.3 is 4.57 Å². The zero-order valence-corrected chi connectivity index (χ0v) is 15.4. The molecule has 0 aliphatic heterocycles. The Morgan fingerprint density at radius 2 is 1.85 bits per heavy atom. The van der Waals surface area contributed by atoms with Crippen molar-refractivity contribution in [1.82, 2.24) is 14.3 Å². The molecule has 0 unspecified atom stereocenters. The van der Waals surface area contributed by atoms with Crippen molar-refractivity contribution < 1.29 is 8.78 Å². The molecule has 0 aliphatic carbocycles. The minimum Gasteiger partial charge on any atom is -0.339 e. The van der Waals surface area contributed by atoms with Gasteiger partial charge in [-0.2, -0.15) is 5.10 Å². The topological polar surface area (TPSA) is 39.8 Å². The molecular formula is C19H14BrF2N3O. The molecule has 0 atom stereocenters. The van der Waals surface area contributed by atoms with Crippen molar-refractivity contribution in [1.29, 1.82) is 0 Å². The van der Waals surface area contributed by atoms with Crippen molar-refractivity contribution in [3.8, 4) is 0 Å². The van der Waals surface area contributed by atoms with Gasteiger partial charge in [0.2, 0.25) is 0 Å². The number of aromatic nitrogens is 3. The van der Waals surface area contributed by atoms with E-state index >= 15 is 0 Å². The Bertz CT molecular complexity index is 1210. The van der Waals surface area contributed by atoms with Crippen molar-refractivity contribution >= 4 is 37.7 Å². The molecule has 26 heavy (non-hydrogen) atoms. The molecule has 2 aromatic heterocycles. The Hall–Kier alpha value is -2.54. The minimum atomic E-state index is -0.387. The van der Waals surface area contributed by atoms with Gasteiger partial charge in [0.1, 0.15) is 17.2 Å². The Morgan fingerprint density at radius 3 is 2.58 bits per heavy atom. The number of rotatable bonds is 3. The summed E-state index contributed by atoms with van der Waals surface area (Å²) in [5, 5.41) is 5.76. The van der Waals surface area contributed by atoms with Crippen LogP contribution < -0.4 is 5.56 Å². The maximum Gasteiger partial charge on any atom is 0.291 e. The van der Waals surface area contributed by atoms with E-state index < -0.39 is 0 Å². The number of aryl methyl sites for hydroxylation is 1. The molecule has 2 heterocycles. The molecule has 0 aliphatic rings. The predicted octanol–water partition coefficient (Wildman–Crippen LogP) is 4.11. The molecule has 0 saturated carbocycles. The van der Waals surface area contributed by atoms with Crippen LogP contribution in [0.4, 0.5) is 8.78 Å². The van der Waals surface area contributed by atoms with Gasteiger partial charge in [-0.3, -0.25) is 4.79 Å². The monoisotopic (exact) mass is 417 g/mol.